The van der Waals surface area contributed by atoms with Crippen molar-refractivity contribution in [2.75, 3.05) is 0 Å². The summed E-state index contributed by atoms with van der Waals surface area (Å²) in [4.78, 5) is 19.7. The van der Waals surface area contributed by atoms with Crippen molar-refractivity contribution < 1.29 is 4.79 Å². The lowest BCUT2D eigenvalue weighted by Gasteiger charge is -2.13. The zero-order chi connectivity index (χ0) is 12.7. The first-order chi connectivity index (χ1) is 8.66. The molecule has 2 unspecified atom stereocenters. The van der Waals surface area contributed by atoms with Crippen molar-refractivity contribution in [1.82, 2.24) is 14.5 Å². The van der Waals surface area contributed by atoms with Crippen LogP contribution in [0.2, 0.25) is 5.15 Å². The monoisotopic (exact) mass is 263 g/mol. The van der Waals surface area contributed by atoms with Crippen LogP contribution in [0.15, 0.2) is 18.6 Å². The van der Waals surface area contributed by atoms with Crippen molar-refractivity contribution >= 4 is 28.4 Å². The summed E-state index contributed by atoms with van der Waals surface area (Å²) in [6.45, 7) is 1.68. The summed E-state index contributed by atoms with van der Waals surface area (Å²) in [7, 11) is 0. The van der Waals surface area contributed by atoms with Gasteiger partial charge >= 0.3 is 0 Å². The average molecular weight is 264 g/mol. The third kappa shape index (κ3) is 1.81. The molecule has 0 amide bonds. The predicted octanol–water partition coefficient (Wildman–Crippen LogP) is 3.01. The first-order valence-corrected chi connectivity index (χ1v) is 6.52. The molecule has 5 heteroatoms. The minimum Gasteiger partial charge on any atom is -0.329 e. The number of fused-ring (bicyclic) bond motifs is 1. The van der Waals surface area contributed by atoms with Gasteiger partial charge in [-0.25, -0.2) is 9.97 Å². The number of rotatable bonds is 2. The maximum atomic E-state index is 11.4. The summed E-state index contributed by atoms with van der Waals surface area (Å²) >= 11 is 6.04. The van der Waals surface area contributed by atoms with E-state index in [1.165, 1.54) is 6.33 Å². The molecule has 4 nitrogen and oxygen atoms in total. The Morgan fingerprint density at radius 2 is 2.28 bits per heavy atom. The molecule has 2 atom stereocenters. The molecule has 94 valence electrons. The quantitative estimate of drug-likeness (QED) is 0.783. The second kappa shape index (κ2) is 4.35. The van der Waals surface area contributed by atoms with Gasteiger partial charge in [-0.05, 0) is 32.3 Å². The Morgan fingerprint density at radius 3 is 3.00 bits per heavy atom. The van der Waals surface area contributed by atoms with E-state index in [-0.39, 0.29) is 5.92 Å². The first kappa shape index (κ1) is 11.7. The Morgan fingerprint density at radius 1 is 1.44 bits per heavy atom. The van der Waals surface area contributed by atoms with E-state index in [0.717, 1.165) is 30.3 Å². The van der Waals surface area contributed by atoms with E-state index >= 15 is 0 Å². The smallest absolute Gasteiger partial charge is 0.145 e. The van der Waals surface area contributed by atoms with Crippen molar-refractivity contribution in [3.05, 3.63) is 23.7 Å². The first-order valence-electron chi connectivity index (χ1n) is 6.14. The van der Waals surface area contributed by atoms with Crippen LogP contribution >= 0.6 is 11.6 Å². The summed E-state index contributed by atoms with van der Waals surface area (Å²) in [5, 5.41) is 1.37. The van der Waals surface area contributed by atoms with Gasteiger partial charge < -0.3 is 4.57 Å². The van der Waals surface area contributed by atoms with Gasteiger partial charge in [-0.3, -0.25) is 4.79 Å². The van der Waals surface area contributed by atoms with Gasteiger partial charge in [-0.2, -0.15) is 0 Å². The second-order valence-corrected chi connectivity index (χ2v) is 5.26. The molecule has 3 rings (SSSR count). The highest BCUT2D eigenvalue weighted by molar-refractivity contribution is 6.33. The Balaban J connectivity index is 1.96. The summed E-state index contributed by atoms with van der Waals surface area (Å²) in [6, 6.07) is 2.29. The van der Waals surface area contributed by atoms with Gasteiger partial charge in [-0.15, -0.1) is 0 Å². The lowest BCUT2D eigenvalue weighted by Crippen LogP contribution is -2.09. The largest absolute Gasteiger partial charge is 0.329 e. The molecular formula is C13H14ClN3O. The standard InChI is InChI=1S/C13H14ClN3O/c1-8(18)9-2-3-10(6-9)17-5-4-11-12(14)15-7-16-13(11)17/h4-5,7,9-10H,2-3,6H2,1H3. The second-order valence-electron chi connectivity index (χ2n) is 4.90. The van der Waals surface area contributed by atoms with Crippen LogP contribution in [0.5, 0.6) is 0 Å². The van der Waals surface area contributed by atoms with Crippen LogP contribution in [-0.2, 0) is 4.79 Å². The van der Waals surface area contributed by atoms with Crippen molar-refractivity contribution in [2.45, 2.75) is 32.2 Å². The molecule has 0 saturated heterocycles. The van der Waals surface area contributed by atoms with Crippen LogP contribution in [0.25, 0.3) is 11.0 Å². The molecule has 1 saturated carbocycles. The van der Waals surface area contributed by atoms with Gasteiger partial charge in [0.25, 0.3) is 0 Å². The van der Waals surface area contributed by atoms with E-state index in [1.54, 1.807) is 6.92 Å². The molecule has 1 fully saturated rings. The highest BCUT2D eigenvalue weighted by Gasteiger charge is 2.29. The minimum atomic E-state index is 0.199. The molecule has 2 aromatic rings. The summed E-state index contributed by atoms with van der Waals surface area (Å²) in [5.74, 6) is 0.492. The van der Waals surface area contributed by atoms with Gasteiger partial charge in [0.15, 0.2) is 0 Å². The molecule has 2 heterocycles. The van der Waals surface area contributed by atoms with E-state index in [2.05, 4.69) is 14.5 Å². The molecule has 2 aromatic heterocycles. The third-order valence-corrected chi connectivity index (χ3v) is 4.14. The molecule has 0 radical (unpaired) electrons. The highest BCUT2D eigenvalue weighted by atomic mass is 35.5. The fourth-order valence-corrected chi connectivity index (χ4v) is 3.01. The number of ketones is 1. The number of nitrogens with zero attached hydrogens (tertiary/aromatic N) is 3. The molecule has 0 aliphatic heterocycles. The minimum absolute atomic E-state index is 0.199. The number of halogens is 1. The Kier molecular flexibility index (Phi) is 2.82. The average Bonchev–Trinajstić information content (AvgIpc) is 2.94. The Hall–Kier alpha value is -1.42. The van der Waals surface area contributed by atoms with E-state index in [9.17, 15) is 4.79 Å². The van der Waals surface area contributed by atoms with Gasteiger partial charge in [0.05, 0.1) is 5.39 Å². The van der Waals surface area contributed by atoms with E-state index in [0.29, 0.717) is 17.0 Å². The van der Waals surface area contributed by atoms with Crippen molar-refractivity contribution in [2.24, 2.45) is 5.92 Å². The maximum Gasteiger partial charge on any atom is 0.145 e. The fraction of sp³-hybridized carbons (Fsp3) is 0.462. The highest BCUT2D eigenvalue weighted by Crippen LogP contribution is 2.37. The molecule has 0 bridgehead atoms. The Labute approximate surface area is 110 Å². The van der Waals surface area contributed by atoms with Crippen molar-refractivity contribution in [1.29, 1.82) is 0 Å². The summed E-state index contributed by atoms with van der Waals surface area (Å²) in [6.07, 6.45) is 6.38. The van der Waals surface area contributed by atoms with Gasteiger partial charge in [-0.1, -0.05) is 11.6 Å². The molecule has 0 aromatic carbocycles. The number of aromatic nitrogens is 3. The SMILES string of the molecule is CC(=O)C1CCC(n2ccc3c(Cl)ncnc32)C1. The maximum absolute atomic E-state index is 11.4. The molecule has 1 aliphatic carbocycles. The summed E-state index contributed by atoms with van der Waals surface area (Å²) < 4.78 is 2.13. The van der Waals surface area contributed by atoms with Crippen LogP contribution < -0.4 is 0 Å². The molecule has 1 aliphatic rings. The van der Waals surface area contributed by atoms with E-state index in [1.807, 2.05) is 12.3 Å². The lowest BCUT2D eigenvalue weighted by molar-refractivity contribution is -0.120. The molecule has 0 spiro atoms. The summed E-state index contributed by atoms with van der Waals surface area (Å²) in [5.41, 5.74) is 0.865. The fourth-order valence-electron chi connectivity index (χ4n) is 2.81. The zero-order valence-electron chi connectivity index (χ0n) is 10.1. The van der Waals surface area contributed by atoms with E-state index in [4.69, 9.17) is 11.6 Å². The number of hydrogen-bond acceptors (Lipinski definition) is 3. The van der Waals surface area contributed by atoms with Crippen molar-refractivity contribution in [3.63, 3.8) is 0 Å². The lowest BCUT2D eigenvalue weighted by atomic mass is 10.0. The van der Waals surface area contributed by atoms with Gasteiger partial charge in [0.1, 0.15) is 22.9 Å². The van der Waals surface area contributed by atoms with Crippen LogP contribution in [0.4, 0.5) is 0 Å². The molecule has 18 heavy (non-hydrogen) atoms. The number of hydrogen-bond donors (Lipinski definition) is 0. The van der Waals surface area contributed by atoms with Gasteiger partial charge in [0, 0.05) is 18.2 Å². The zero-order valence-corrected chi connectivity index (χ0v) is 10.9. The number of carbonyl (C=O) groups is 1. The number of carbonyl (C=O) groups excluding carboxylic acids is 1. The van der Waals surface area contributed by atoms with Crippen molar-refractivity contribution in [3.8, 4) is 0 Å². The van der Waals surface area contributed by atoms with Gasteiger partial charge in [0.2, 0.25) is 0 Å². The molecule has 0 N–H and O–H groups in total. The van der Waals surface area contributed by atoms with Crippen LogP contribution in [0.1, 0.15) is 32.2 Å². The van der Waals surface area contributed by atoms with Crippen LogP contribution in [0, 0.1) is 5.92 Å². The predicted molar refractivity (Wildman–Crippen MR) is 69.6 cm³/mol. The topological polar surface area (TPSA) is 47.8 Å². The normalized spacial score (nSPS) is 23.7. The van der Waals surface area contributed by atoms with E-state index < -0.39 is 0 Å². The van der Waals surface area contributed by atoms with Crippen LogP contribution in [0.3, 0.4) is 0 Å². The Bertz CT molecular complexity index is 607. The third-order valence-electron chi connectivity index (χ3n) is 3.83. The van der Waals surface area contributed by atoms with Crippen LogP contribution in [-0.4, -0.2) is 20.3 Å². The molecular weight excluding hydrogens is 250 g/mol. The number of Topliss-reactive ketones (excluding diaryl/α,β-unsaturated/α-hetero) is 1.